The Morgan fingerprint density at radius 3 is 2.60 bits per heavy atom. The molecular formula is C16H14BrNO2. The van der Waals surface area contributed by atoms with Crippen LogP contribution in [-0.2, 0) is 0 Å². The van der Waals surface area contributed by atoms with Crippen molar-refractivity contribution in [2.45, 2.75) is 20.0 Å². The highest BCUT2D eigenvalue weighted by atomic mass is 79.9. The Hall–Kier alpha value is -1.83. The summed E-state index contributed by atoms with van der Waals surface area (Å²) in [5.74, 6) is 1.31. The summed E-state index contributed by atoms with van der Waals surface area (Å²) in [4.78, 5) is 0. The lowest BCUT2D eigenvalue weighted by molar-refractivity contribution is 0.198. The molecule has 1 N–H and O–H groups in total. The Labute approximate surface area is 126 Å². The average Bonchev–Trinajstić information content (AvgIpc) is 2.41. The average molecular weight is 332 g/mol. The first-order valence-electron chi connectivity index (χ1n) is 6.17. The van der Waals surface area contributed by atoms with Gasteiger partial charge >= 0.3 is 0 Å². The van der Waals surface area contributed by atoms with Gasteiger partial charge in [0.2, 0.25) is 0 Å². The SMILES string of the molecule is Cc1ccc(C#N)cc1Oc1ccc([C@@H](C)O)c(Br)c1. The standard InChI is InChI=1S/C16H14BrNO2/c1-10-3-4-12(9-18)7-16(10)20-13-5-6-14(11(2)19)15(17)8-13/h3-8,11,19H,1-2H3/t11-/m1/s1. The molecule has 2 aromatic carbocycles. The van der Waals surface area contributed by atoms with E-state index in [0.717, 1.165) is 15.6 Å². The lowest BCUT2D eigenvalue weighted by atomic mass is 10.1. The first-order valence-corrected chi connectivity index (χ1v) is 6.96. The first kappa shape index (κ1) is 14.6. The quantitative estimate of drug-likeness (QED) is 0.902. The fourth-order valence-corrected chi connectivity index (χ4v) is 2.51. The van der Waals surface area contributed by atoms with Gasteiger partial charge in [0.15, 0.2) is 0 Å². The van der Waals surface area contributed by atoms with Crippen molar-refractivity contribution in [3.05, 3.63) is 57.6 Å². The van der Waals surface area contributed by atoms with Gasteiger partial charge in [-0.1, -0.05) is 28.1 Å². The summed E-state index contributed by atoms with van der Waals surface area (Å²) in [6, 6.07) is 12.8. The topological polar surface area (TPSA) is 53.2 Å². The van der Waals surface area contributed by atoms with Crippen LogP contribution in [0.15, 0.2) is 40.9 Å². The van der Waals surface area contributed by atoms with E-state index in [1.54, 1.807) is 31.2 Å². The third-order valence-corrected chi connectivity index (χ3v) is 3.65. The van der Waals surface area contributed by atoms with Crippen LogP contribution in [0.2, 0.25) is 0 Å². The maximum absolute atomic E-state index is 9.59. The molecule has 0 saturated carbocycles. The molecule has 1 atom stereocenters. The summed E-state index contributed by atoms with van der Waals surface area (Å²) >= 11 is 3.42. The van der Waals surface area contributed by atoms with Gasteiger partial charge in [-0.2, -0.15) is 5.26 Å². The molecule has 0 amide bonds. The molecule has 0 bridgehead atoms. The predicted octanol–water partition coefficient (Wildman–Crippen LogP) is 4.47. The molecule has 2 rings (SSSR count). The summed E-state index contributed by atoms with van der Waals surface area (Å²) < 4.78 is 6.60. The largest absolute Gasteiger partial charge is 0.457 e. The molecule has 0 aliphatic heterocycles. The highest BCUT2D eigenvalue weighted by Gasteiger charge is 2.09. The minimum atomic E-state index is -0.540. The van der Waals surface area contributed by atoms with Crippen LogP contribution in [-0.4, -0.2) is 5.11 Å². The van der Waals surface area contributed by atoms with Gasteiger partial charge in [0, 0.05) is 4.47 Å². The fourth-order valence-electron chi connectivity index (χ4n) is 1.82. The van der Waals surface area contributed by atoms with Crippen molar-refractivity contribution in [1.29, 1.82) is 5.26 Å². The molecule has 0 spiro atoms. The molecule has 2 aromatic rings. The number of nitrogens with zero attached hydrogens (tertiary/aromatic N) is 1. The summed E-state index contributed by atoms with van der Waals surface area (Å²) in [5.41, 5.74) is 2.32. The molecule has 0 heterocycles. The Balaban J connectivity index is 2.31. The summed E-state index contributed by atoms with van der Waals surface area (Å²) in [7, 11) is 0. The summed E-state index contributed by atoms with van der Waals surface area (Å²) in [6.07, 6.45) is -0.540. The van der Waals surface area contributed by atoms with Crippen molar-refractivity contribution in [2.75, 3.05) is 0 Å². The van der Waals surface area contributed by atoms with Crippen LogP contribution in [0.1, 0.15) is 29.7 Å². The van der Waals surface area contributed by atoms with Gasteiger partial charge in [-0.25, -0.2) is 0 Å². The molecule has 0 aromatic heterocycles. The minimum absolute atomic E-state index is 0.540. The minimum Gasteiger partial charge on any atom is -0.457 e. The Morgan fingerprint density at radius 2 is 2.00 bits per heavy atom. The molecule has 0 aliphatic rings. The summed E-state index contributed by atoms with van der Waals surface area (Å²) in [6.45, 7) is 3.64. The number of hydrogen-bond donors (Lipinski definition) is 1. The van der Waals surface area contributed by atoms with E-state index in [4.69, 9.17) is 10.00 Å². The number of rotatable bonds is 3. The molecular weight excluding hydrogens is 318 g/mol. The molecule has 0 fully saturated rings. The molecule has 102 valence electrons. The number of aliphatic hydroxyl groups excluding tert-OH is 1. The highest BCUT2D eigenvalue weighted by Crippen LogP contribution is 2.31. The monoisotopic (exact) mass is 331 g/mol. The number of ether oxygens (including phenoxy) is 1. The van der Waals surface area contributed by atoms with Gasteiger partial charge in [0.05, 0.1) is 17.7 Å². The Morgan fingerprint density at radius 1 is 1.25 bits per heavy atom. The second kappa shape index (κ2) is 6.08. The van der Waals surface area contributed by atoms with Gasteiger partial charge < -0.3 is 9.84 Å². The van der Waals surface area contributed by atoms with Crippen LogP contribution in [0, 0.1) is 18.3 Å². The fraction of sp³-hybridized carbons (Fsp3) is 0.188. The predicted molar refractivity (Wildman–Crippen MR) is 80.7 cm³/mol. The number of hydrogen-bond acceptors (Lipinski definition) is 3. The first-order chi connectivity index (χ1) is 9.51. The van der Waals surface area contributed by atoms with Crippen molar-refractivity contribution >= 4 is 15.9 Å². The van der Waals surface area contributed by atoms with Crippen molar-refractivity contribution in [3.63, 3.8) is 0 Å². The zero-order valence-corrected chi connectivity index (χ0v) is 12.8. The Kier molecular flexibility index (Phi) is 4.43. The smallest absolute Gasteiger partial charge is 0.131 e. The number of aryl methyl sites for hydroxylation is 1. The zero-order chi connectivity index (χ0) is 14.7. The third-order valence-electron chi connectivity index (χ3n) is 2.97. The van der Waals surface area contributed by atoms with Gasteiger partial charge in [0.1, 0.15) is 11.5 Å². The van der Waals surface area contributed by atoms with E-state index < -0.39 is 6.10 Å². The van der Waals surface area contributed by atoms with Gasteiger partial charge in [-0.3, -0.25) is 0 Å². The molecule has 0 saturated heterocycles. The third kappa shape index (κ3) is 3.19. The van der Waals surface area contributed by atoms with Crippen LogP contribution < -0.4 is 4.74 Å². The van der Waals surface area contributed by atoms with Crippen molar-refractivity contribution in [2.24, 2.45) is 0 Å². The van der Waals surface area contributed by atoms with E-state index in [-0.39, 0.29) is 0 Å². The number of halogens is 1. The maximum atomic E-state index is 9.59. The van der Waals surface area contributed by atoms with E-state index in [0.29, 0.717) is 17.1 Å². The van der Waals surface area contributed by atoms with Crippen molar-refractivity contribution in [1.82, 2.24) is 0 Å². The van der Waals surface area contributed by atoms with Crippen molar-refractivity contribution in [3.8, 4) is 17.6 Å². The molecule has 20 heavy (non-hydrogen) atoms. The lowest BCUT2D eigenvalue weighted by Crippen LogP contribution is -1.94. The van der Waals surface area contributed by atoms with Crippen LogP contribution >= 0.6 is 15.9 Å². The van der Waals surface area contributed by atoms with E-state index in [9.17, 15) is 5.11 Å². The maximum Gasteiger partial charge on any atom is 0.131 e. The van der Waals surface area contributed by atoms with E-state index in [1.165, 1.54) is 0 Å². The Bertz CT molecular complexity index is 675. The normalized spacial score (nSPS) is 11.8. The van der Waals surface area contributed by atoms with Gasteiger partial charge in [-0.15, -0.1) is 0 Å². The van der Waals surface area contributed by atoms with Gasteiger partial charge in [-0.05, 0) is 49.2 Å². The molecule has 0 aliphatic carbocycles. The molecule has 4 heteroatoms. The van der Waals surface area contributed by atoms with Crippen LogP contribution in [0.4, 0.5) is 0 Å². The summed E-state index contributed by atoms with van der Waals surface area (Å²) in [5, 5.41) is 18.5. The molecule has 3 nitrogen and oxygen atoms in total. The van der Waals surface area contributed by atoms with Crippen LogP contribution in [0.25, 0.3) is 0 Å². The zero-order valence-electron chi connectivity index (χ0n) is 11.2. The van der Waals surface area contributed by atoms with E-state index in [2.05, 4.69) is 22.0 Å². The number of aliphatic hydroxyl groups is 1. The van der Waals surface area contributed by atoms with Crippen molar-refractivity contribution < 1.29 is 9.84 Å². The second-order valence-electron chi connectivity index (χ2n) is 4.55. The number of nitriles is 1. The number of benzene rings is 2. The van der Waals surface area contributed by atoms with E-state index >= 15 is 0 Å². The second-order valence-corrected chi connectivity index (χ2v) is 5.41. The molecule has 0 radical (unpaired) electrons. The van der Waals surface area contributed by atoms with Crippen LogP contribution in [0.5, 0.6) is 11.5 Å². The lowest BCUT2D eigenvalue weighted by Gasteiger charge is -2.12. The van der Waals surface area contributed by atoms with E-state index in [1.807, 2.05) is 19.1 Å². The van der Waals surface area contributed by atoms with Crippen LogP contribution in [0.3, 0.4) is 0 Å². The highest BCUT2D eigenvalue weighted by molar-refractivity contribution is 9.10. The van der Waals surface area contributed by atoms with Gasteiger partial charge in [0.25, 0.3) is 0 Å². The molecule has 0 unspecified atom stereocenters.